The molecular weight excluding hydrogens is 362 g/mol. The average molecular weight is 393 g/mol. The Morgan fingerprint density at radius 3 is 1.93 bits per heavy atom. The van der Waals surface area contributed by atoms with Gasteiger partial charge in [0.2, 0.25) is 5.91 Å². The molecule has 0 aromatic heterocycles. The average Bonchev–Trinajstić information content (AvgIpc) is 2.64. The van der Waals surface area contributed by atoms with E-state index in [0.717, 1.165) is 32.1 Å². The summed E-state index contributed by atoms with van der Waals surface area (Å²) in [6.45, 7) is 0.405. The highest BCUT2D eigenvalue weighted by Gasteiger charge is 2.08. The standard InChI is InChI=1S/C21H31NO6/c23-19(13-5-3-1-2-4-6-14-20(24)25)22-17-11-7-8-12-18(17)28-16-10-9-15-21(26)27/h7-8,11-12H,1-6,9-10,13-16H2,(H,22,23)(H,24,25)(H,26,27). The number of anilines is 1. The summed E-state index contributed by atoms with van der Waals surface area (Å²) >= 11 is 0. The Balaban J connectivity index is 2.21. The van der Waals surface area contributed by atoms with Crippen LogP contribution in [0.25, 0.3) is 0 Å². The van der Waals surface area contributed by atoms with Crippen LogP contribution in [-0.4, -0.2) is 34.7 Å². The Morgan fingerprint density at radius 2 is 1.29 bits per heavy atom. The fourth-order valence-corrected chi connectivity index (χ4v) is 2.74. The van der Waals surface area contributed by atoms with Crippen molar-refractivity contribution in [2.75, 3.05) is 11.9 Å². The number of nitrogens with one attached hydrogen (secondary N) is 1. The lowest BCUT2D eigenvalue weighted by molar-refractivity contribution is -0.138. The normalized spacial score (nSPS) is 10.4. The molecule has 0 saturated carbocycles. The molecule has 1 amide bonds. The first-order valence-electron chi connectivity index (χ1n) is 9.94. The van der Waals surface area contributed by atoms with Crippen LogP contribution < -0.4 is 10.1 Å². The van der Waals surface area contributed by atoms with Crippen LogP contribution >= 0.6 is 0 Å². The second-order valence-corrected chi connectivity index (χ2v) is 6.76. The Morgan fingerprint density at radius 1 is 0.750 bits per heavy atom. The molecule has 1 aromatic carbocycles. The zero-order chi connectivity index (χ0) is 20.6. The number of carboxylic acid groups (broad SMARTS) is 2. The third kappa shape index (κ3) is 11.9. The Hall–Kier alpha value is -2.57. The van der Waals surface area contributed by atoms with Crippen LogP contribution in [-0.2, 0) is 14.4 Å². The lowest BCUT2D eigenvalue weighted by atomic mass is 10.1. The number of unbranched alkanes of at least 4 members (excludes halogenated alkanes) is 6. The first-order chi connectivity index (χ1) is 13.5. The van der Waals surface area contributed by atoms with Crippen LogP contribution in [0.4, 0.5) is 5.69 Å². The zero-order valence-corrected chi connectivity index (χ0v) is 16.3. The molecule has 28 heavy (non-hydrogen) atoms. The third-order valence-corrected chi connectivity index (χ3v) is 4.25. The molecule has 7 heteroatoms. The van der Waals surface area contributed by atoms with E-state index in [2.05, 4.69) is 5.32 Å². The van der Waals surface area contributed by atoms with Gasteiger partial charge < -0.3 is 20.3 Å². The molecule has 3 N–H and O–H groups in total. The number of rotatable bonds is 16. The largest absolute Gasteiger partial charge is 0.491 e. The zero-order valence-electron chi connectivity index (χ0n) is 16.3. The molecule has 0 aliphatic rings. The number of hydrogen-bond acceptors (Lipinski definition) is 4. The van der Waals surface area contributed by atoms with E-state index in [-0.39, 0.29) is 18.7 Å². The van der Waals surface area contributed by atoms with Gasteiger partial charge in [0.1, 0.15) is 5.75 Å². The first kappa shape index (κ1) is 23.5. The van der Waals surface area contributed by atoms with Gasteiger partial charge in [0, 0.05) is 19.3 Å². The minimum atomic E-state index is -0.812. The maximum atomic E-state index is 12.1. The van der Waals surface area contributed by atoms with Crippen LogP contribution in [0.5, 0.6) is 5.75 Å². The number of carbonyl (C=O) groups is 3. The highest BCUT2D eigenvalue weighted by atomic mass is 16.5. The number of para-hydroxylation sites is 2. The minimum Gasteiger partial charge on any atom is -0.491 e. The molecule has 0 bridgehead atoms. The predicted octanol–water partition coefficient (Wildman–Crippen LogP) is 4.46. The van der Waals surface area contributed by atoms with Gasteiger partial charge in [0.25, 0.3) is 0 Å². The summed E-state index contributed by atoms with van der Waals surface area (Å²) in [5.74, 6) is -1.04. The van der Waals surface area contributed by atoms with Crippen molar-refractivity contribution in [2.24, 2.45) is 0 Å². The molecule has 0 aliphatic heterocycles. The Bertz CT molecular complexity index is 617. The van der Waals surface area contributed by atoms with E-state index in [0.29, 0.717) is 43.7 Å². The van der Waals surface area contributed by atoms with Gasteiger partial charge in [-0.2, -0.15) is 0 Å². The van der Waals surface area contributed by atoms with Crippen molar-refractivity contribution >= 4 is 23.5 Å². The van der Waals surface area contributed by atoms with E-state index >= 15 is 0 Å². The summed E-state index contributed by atoms with van der Waals surface area (Å²) in [7, 11) is 0. The van der Waals surface area contributed by atoms with E-state index in [1.807, 2.05) is 12.1 Å². The fourth-order valence-electron chi connectivity index (χ4n) is 2.74. The Labute approximate surface area is 166 Å². The van der Waals surface area contributed by atoms with Gasteiger partial charge in [-0.1, -0.05) is 37.8 Å². The number of ether oxygens (including phenoxy) is 1. The van der Waals surface area contributed by atoms with E-state index in [4.69, 9.17) is 14.9 Å². The van der Waals surface area contributed by atoms with Crippen molar-refractivity contribution in [2.45, 2.75) is 70.6 Å². The van der Waals surface area contributed by atoms with E-state index in [1.165, 1.54) is 0 Å². The summed E-state index contributed by atoms with van der Waals surface area (Å²) < 4.78 is 5.67. The van der Waals surface area contributed by atoms with Crippen molar-refractivity contribution in [1.29, 1.82) is 0 Å². The summed E-state index contributed by atoms with van der Waals surface area (Å²) in [5.41, 5.74) is 0.624. The lowest BCUT2D eigenvalue weighted by Gasteiger charge is -2.12. The van der Waals surface area contributed by atoms with Crippen molar-refractivity contribution in [1.82, 2.24) is 0 Å². The topological polar surface area (TPSA) is 113 Å². The van der Waals surface area contributed by atoms with Crippen molar-refractivity contribution in [3.8, 4) is 5.75 Å². The van der Waals surface area contributed by atoms with Crippen LogP contribution in [0.1, 0.15) is 70.6 Å². The highest BCUT2D eigenvalue weighted by molar-refractivity contribution is 5.92. The second kappa shape index (κ2) is 14.5. The van der Waals surface area contributed by atoms with Crippen LogP contribution in [0.15, 0.2) is 24.3 Å². The lowest BCUT2D eigenvalue weighted by Crippen LogP contribution is -2.12. The molecular formula is C21H31NO6. The van der Waals surface area contributed by atoms with E-state index in [1.54, 1.807) is 12.1 Å². The second-order valence-electron chi connectivity index (χ2n) is 6.76. The number of carbonyl (C=O) groups excluding carboxylic acids is 1. The molecule has 0 radical (unpaired) electrons. The van der Waals surface area contributed by atoms with Crippen LogP contribution in [0.3, 0.4) is 0 Å². The van der Waals surface area contributed by atoms with Crippen molar-refractivity contribution in [3.63, 3.8) is 0 Å². The molecule has 1 rings (SSSR count). The molecule has 1 aromatic rings. The smallest absolute Gasteiger partial charge is 0.303 e. The van der Waals surface area contributed by atoms with Gasteiger partial charge in [-0.05, 0) is 37.8 Å². The molecule has 0 saturated heterocycles. The summed E-state index contributed by atoms with van der Waals surface area (Å²) in [4.78, 5) is 33.0. The third-order valence-electron chi connectivity index (χ3n) is 4.25. The SMILES string of the molecule is O=C(O)CCCCCCCCC(=O)Nc1ccccc1OCCCCC(=O)O. The summed E-state index contributed by atoms with van der Waals surface area (Å²) in [6.07, 6.45) is 7.34. The molecule has 0 aliphatic carbocycles. The van der Waals surface area contributed by atoms with Gasteiger partial charge in [0.05, 0.1) is 12.3 Å². The molecule has 0 unspecified atom stereocenters. The van der Waals surface area contributed by atoms with Gasteiger partial charge >= 0.3 is 11.9 Å². The van der Waals surface area contributed by atoms with Crippen LogP contribution in [0.2, 0.25) is 0 Å². The van der Waals surface area contributed by atoms with E-state index in [9.17, 15) is 14.4 Å². The maximum Gasteiger partial charge on any atom is 0.303 e. The quantitative estimate of drug-likeness (QED) is 0.357. The molecule has 0 heterocycles. The molecule has 7 nitrogen and oxygen atoms in total. The molecule has 156 valence electrons. The van der Waals surface area contributed by atoms with Gasteiger partial charge in [-0.3, -0.25) is 14.4 Å². The van der Waals surface area contributed by atoms with Gasteiger partial charge in [0.15, 0.2) is 0 Å². The van der Waals surface area contributed by atoms with Crippen molar-refractivity contribution < 1.29 is 29.3 Å². The first-order valence-corrected chi connectivity index (χ1v) is 9.94. The number of carboxylic acids is 2. The maximum absolute atomic E-state index is 12.1. The summed E-state index contributed by atoms with van der Waals surface area (Å²) in [5, 5.41) is 20.1. The molecule has 0 atom stereocenters. The fraction of sp³-hybridized carbons (Fsp3) is 0.571. The molecule has 0 fully saturated rings. The van der Waals surface area contributed by atoms with Crippen molar-refractivity contribution in [3.05, 3.63) is 24.3 Å². The number of amides is 1. The molecule has 0 spiro atoms. The number of hydrogen-bond donors (Lipinski definition) is 3. The minimum absolute atomic E-state index is 0.0622. The highest BCUT2D eigenvalue weighted by Crippen LogP contribution is 2.24. The van der Waals surface area contributed by atoms with E-state index < -0.39 is 11.9 Å². The Kier molecular flexibility index (Phi) is 12.1. The number of aliphatic carboxylic acids is 2. The van der Waals surface area contributed by atoms with Crippen LogP contribution in [0, 0.1) is 0 Å². The van der Waals surface area contributed by atoms with Gasteiger partial charge in [-0.15, -0.1) is 0 Å². The van der Waals surface area contributed by atoms with Gasteiger partial charge in [-0.25, -0.2) is 0 Å². The number of benzene rings is 1. The predicted molar refractivity (Wildman–Crippen MR) is 107 cm³/mol. The summed E-state index contributed by atoms with van der Waals surface area (Å²) in [6, 6.07) is 7.22. The monoisotopic (exact) mass is 393 g/mol.